The van der Waals surface area contributed by atoms with E-state index in [4.69, 9.17) is 5.11 Å². The molecular formula is C15H14N2O4. The van der Waals surface area contributed by atoms with Crippen molar-refractivity contribution in [1.29, 1.82) is 0 Å². The van der Waals surface area contributed by atoms with Crippen molar-refractivity contribution in [1.82, 2.24) is 4.57 Å². The molecule has 2 aromatic rings. The third-order valence-electron chi connectivity index (χ3n) is 2.98. The molecule has 21 heavy (non-hydrogen) atoms. The zero-order valence-electron chi connectivity index (χ0n) is 11.4. The van der Waals surface area contributed by atoms with Crippen LogP contribution < -0.4 is 10.9 Å². The molecule has 1 aromatic heterocycles. The summed E-state index contributed by atoms with van der Waals surface area (Å²) in [5.41, 5.74) is 0.961. The quantitative estimate of drug-likeness (QED) is 0.891. The molecule has 0 atom stereocenters. The third kappa shape index (κ3) is 3.56. The number of carboxylic acid groups (broad SMARTS) is 1. The molecular weight excluding hydrogens is 272 g/mol. The first-order valence-electron chi connectivity index (χ1n) is 6.26. The molecule has 108 valence electrons. The Bertz CT molecular complexity index is 749. The van der Waals surface area contributed by atoms with Crippen molar-refractivity contribution in [3.63, 3.8) is 0 Å². The van der Waals surface area contributed by atoms with Gasteiger partial charge < -0.3 is 15.0 Å². The summed E-state index contributed by atoms with van der Waals surface area (Å²) in [6, 6.07) is 9.57. The minimum absolute atomic E-state index is 0.101. The molecule has 0 spiro atoms. The van der Waals surface area contributed by atoms with Gasteiger partial charge in [-0.15, -0.1) is 0 Å². The minimum Gasteiger partial charge on any atom is -0.478 e. The normalized spacial score (nSPS) is 10.1. The van der Waals surface area contributed by atoms with Crippen molar-refractivity contribution >= 4 is 17.6 Å². The lowest BCUT2D eigenvalue weighted by Gasteiger charge is -2.09. The number of carbonyl (C=O) groups excluding carboxylic acids is 1. The fourth-order valence-corrected chi connectivity index (χ4v) is 1.83. The van der Waals surface area contributed by atoms with E-state index in [2.05, 4.69) is 5.32 Å². The number of para-hydroxylation sites is 1. The Morgan fingerprint density at radius 3 is 2.57 bits per heavy atom. The fourth-order valence-electron chi connectivity index (χ4n) is 1.83. The second kappa shape index (κ2) is 6.04. The van der Waals surface area contributed by atoms with E-state index in [-0.39, 0.29) is 18.0 Å². The molecule has 0 aliphatic heterocycles. The largest absolute Gasteiger partial charge is 0.478 e. The molecule has 1 heterocycles. The Balaban J connectivity index is 2.12. The Morgan fingerprint density at radius 2 is 1.95 bits per heavy atom. The lowest BCUT2D eigenvalue weighted by molar-refractivity contribution is -0.116. The maximum absolute atomic E-state index is 11.9. The second-order valence-electron chi connectivity index (χ2n) is 4.55. The summed E-state index contributed by atoms with van der Waals surface area (Å²) >= 11 is 0. The van der Waals surface area contributed by atoms with Crippen LogP contribution in [0.15, 0.2) is 47.4 Å². The number of aryl methyl sites for hydroxylation is 1. The van der Waals surface area contributed by atoms with Crippen molar-refractivity contribution in [2.24, 2.45) is 0 Å². The topological polar surface area (TPSA) is 88.4 Å². The maximum Gasteiger partial charge on any atom is 0.335 e. The lowest BCUT2D eigenvalue weighted by Crippen LogP contribution is -2.27. The Hall–Kier alpha value is -2.89. The fraction of sp³-hybridized carbons (Fsp3) is 0.133. The number of rotatable bonds is 4. The lowest BCUT2D eigenvalue weighted by atomic mass is 10.2. The van der Waals surface area contributed by atoms with Gasteiger partial charge in [0.25, 0.3) is 5.56 Å². The molecule has 0 saturated heterocycles. The minimum atomic E-state index is -1.18. The summed E-state index contributed by atoms with van der Waals surface area (Å²) in [4.78, 5) is 34.4. The molecule has 6 nitrogen and oxygen atoms in total. The summed E-state index contributed by atoms with van der Waals surface area (Å²) in [6.45, 7) is 1.69. The summed E-state index contributed by atoms with van der Waals surface area (Å²) in [7, 11) is 0. The summed E-state index contributed by atoms with van der Waals surface area (Å²) in [5, 5.41) is 11.5. The van der Waals surface area contributed by atoms with Gasteiger partial charge in [0.15, 0.2) is 0 Å². The molecule has 1 amide bonds. The van der Waals surface area contributed by atoms with Gasteiger partial charge in [0.2, 0.25) is 5.91 Å². The molecule has 1 aromatic carbocycles. The number of benzene rings is 1. The molecule has 0 radical (unpaired) electrons. The van der Waals surface area contributed by atoms with Crippen LogP contribution in [-0.4, -0.2) is 21.6 Å². The number of hydrogen-bond donors (Lipinski definition) is 2. The van der Waals surface area contributed by atoms with Crippen LogP contribution in [0.1, 0.15) is 15.9 Å². The highest BCUT2D eigenvalue weighted by Gasteiger charge is 2.09. The number of aromatic nitrogens is 1. The summed E-state index contributed by atoms with van der Waals surface area (Å²) in [6.07, 6.45) is 1.29. The van der Waals surface area contributed by atoms with Crippen LogP contribution in [0, 0.1) is 6.92 Å². The molecule has 0 aliphatic carbocycles. The third-order valence-corrected chi connectivity index (χ3v) is 2.98. The van der Waals surface area contributed by atoms with Crippen LogP contribution >= 0.6 is 0 Å². The van der Waals surface area contributed by atoms with Crippen molar-refractivity contribution < 1.29 is 14.7 Å². The van der Waals surface area contributed by atoms with Gasteiger partial charge in [-0.1, -0.05) is 18.2 Å². The molecule has 6 heteroatoms. The predicted octanol–water partition coefficient (Wildman–Crippen LogP) is 1.49. The first-order chi connectivity index (χ1) is 9.97. The van der Waals surface area contributed by atoms with Crippen molar-refractivity contribution in [2.45, 2.75) is 13.5 Å². The monoisotopic (exact) mass is 286 g/mol. The predicted molar refractivity (Wildman–Crippen MR) is 77.5 cm³/mol. The first kappa shape index (κ1) is 14.5. The van der Waals surface area contributed by atoms with E-state index in [1.165, 1.54) is 12.3 Å². The number of carboxylic acids is 1. The Labute approximate surface area is 120 Å². The zero-order valence-corrected chi connectivity index (χ0v) is 11.4. The van der Waals surface area contributed by atoms with Crippen LogP contribution in [0.2, 0.25) is 0 Å². The van der Waals surface area contributed by atoms with Gasteiger partial charge in [-0.2, -0.15) is 0 Å². The maximum atomic E-state index is 11.9. The molecule has 0 unspecified atom stereocenters. The van der Waals surface area contributed by atoms with E-state index in [0.29, 0.717) is 5.69 Å². The number of anilines is 1. The number of hydrogen-bond acceptors (Lipinski definition) is 3. The van der Waals surface area contributed by atoms with Crippen LogP contribution in [0.4, 0.5) is 5.69 Å². The average Bonchev–Trinajstić information content (AvgIpc) is 2.43. The standard InChI is InChI=1S/C15H14N2O4/c1-10-4-2-3-5-12(10)16-13(18)9-17-7-6-11(15(20)21)8-14(17)19/h2-8H,9H2,1H3,(H,16,18)(H,20,21). The number of carbonyl (C=O) groups is 2. The molecule has 0 bridgehead atoms. The van der Waals surface area contributed by atoms with E-state index >= 15 is 0 Å². The SMILES string of the molecule is Cc1ccccc1NC(=O)Cn1ccc(C(=O)O)cc1=O. The highest BCUT2D eigenvalue weighted by atomic mass is 16.4. The number of nitrogens with zero attached hydrogens (tertiary/aromatic N) is 1. The number of pyridine rings is 1. The number of amides is 1. The van der Waals surface area contributed by atoms with E-state index < -0.39 is 11.5 Å². The van der Waals surface area contributed by atoms with Gasteiger partial charge in [-0.3, -0.25) is 9.59 Å². The van der Waals surface area contributed by atoms with Crippen molar-refractivity contribution in [3.05, 3.63) is 64.1 Å². The van der Waals surface area contributed by atoms with Gasteiger partial charge in [0, 0.05) is 18.0 Å². The van der Waals surface area contributed by atoms with Crippen LogP contribution in [0.25, 0.3) is 0 Å². The van der Waals surface area contributed by atoms with Gasteiger partial charge >= 0.3 is 5.97 Å². The van der Waals surface area contributed by atoms with Crippen LogP contribution in [0.5, 0.6) is 0 Å². The highest BCUT2D eigenvalue weighted by Crippen LogP contribution is 2.12. The molecule has 0 aliphatic rings. The average molecular weight is 286 g/mol. The molecule has 0 fully saturated rings. The van der Waals surface area contributed by atoms with Crippen LogP contribution in [0.3, 0.4) is 0 Å². The van der Waals surface area contributed by atoms with Crippen LogP contribution in [-0.2, 0) is 11.3 Å². The smallest absolute Gasteiger partial charge is 0.335 e. The zero-order chi connectivity index (χ0) is 15.4. The van der Waals surface area contributed by atoms with Crippen molar-refractivity contribution in [3.8, 4) is 0 Å². The summed E-state index contributed by atoms with van der Waals surface area (Å²) in [5.74, 6) is -1.53. The molecule has 0 saturated carbocycles. The second-order valence-corrected chi connectivity index (χ2v) is 4.55. The summed E-state index contributed by atoms with van der Waals surface area (Å²) < 4.78 is 1.15. The Morgan fingerprint density at radius 1 is 1.24 bits per heavy atom. The van der Waals surface area contributed by atoms with E-state index in [1.807, 2.05) is 19.1 Å². The number of nitrogens with one attached hydrogen (secondary N) is 1. The highest BCUT2D eigenvalue weighted by molar-refractivity contribution is 5.91. The van der Waals surface area contributed by atoms with Gasteiger partial charge in [-0.25, -0.2) is 4.79 Å². The van der Waals surface area contributed by atoms with E-state index in [1.54, 1.807) is 12.1 Å². The number of aromatic carboxylic acids is 1. The van der Waals surface area contributed by atoms with Gasteiger partial charge in [0.05, 0.1) is 5.56 Å². The molecule has 2 N–H and O–H groups in total. The first-order valence-corrected chi connectivity index (χ1v) is 6.26. The van der Waals surface area contributed by atoms with Gasteiger partial charge in [0.1, 0.15) is 6.54 Å². The molecule has 2 rings (SSSR count). The Kier molecular flexibility index (Phi) is 4.18. The van der Waals surface area contributed by atoms with E-state index in [0.717, 1.165) is 16.2 Å². The van der Waals surface area contributed by atoms with E-state index in [9.17, 15) is 14.4 Å². The van der Waals surface area contributed by atoms with Crippen molar-refractivity contribution in [2.75, 3.05) is 5.32 Å². The van der Waals surface area contributed by atoms with Gasteiger partial charge in [-0.05, 0) is 24.6 Å².